The highest BCUT2D eigenvalue weighted by molar-refractivity contribution is 8.76. The Morgan fingerprint density at radius 2 is 1.20 bits per heavy atom. The zero-order chi connectivity index (χ0) is 34.4. The highest BCUT2D eigenvalue weighted by Gasteiger charge is 2.34. The Kier molecular flexibility index (Phi) is 18.4. The molecular weight excluding hydrogens is 657 g/mol. The predicted molar refractivity (Wildman–Crippen MR) is 190 cm³/mol. The van der Waals surface area contributed by atoms with E-state index in [-0.39, 0.29) is 17.4 Å². The van der Waals surface area contributed by atoms with Crippen LogP contribution in [0.5, 0.6) is 0 Å². The lowest BCUT2D eigenvalue weighted by molar-refractivity contribution is -0.135. The van der Waals surface area contributed by atoms with Gasteiger partial charge in [0.25, 0.3) is 0 Å². The minimum Gasteiger partial charge on any atom is -0.444 e. The van der Waals surface area contributed by atoms with Crippen molar-refractivity contribution >= 4 is 69.0 Å². The Hall–Kier alpha value is -1.00. The average molecular weight is 713 g/mol. The molecular formula is C30H56N4O7S4. The number of ether oxygens (including phenoxy) is 2. The maximum absolute atomic E-state index is 13.1. The van der Waals surface area contributed by atoms with Crippen molar-refractivity contribution in [2.75, 3.05) is 36.1 Å². The Morgan fingerprint density at radius 3 is 1.62 bits per heavy atom. The highest BCUT2D eigenvalue weighted by atomic mass is 33.1. The van der Waals surface area contributed by atoms with Crippen molar-refractivity contribution in [3.63, 3.8) is 0 Å². The second-order valence-corrected chi connectivity index (χ2v) is 18.9. The van der Waals surface area contributed by atoms with Crippen LogP contribution >= 0.6 is 45.1 Å². The first-order chi connectivity index (χ1) is 20.7. The lowest BCUT2D eigenvalue weighted by Gasteiger charge is -2.35. The number of Topliss-reactive ketones (excluding diaryl/α,β-unsaturated/α-hetero) is 1. The van der Waals surface area contributed by atoms with Crippen LogP contribution in [0.2, 0.25) is 0 Å². The number of thioether (sulfide) groups is 2. The second-order valence-electron chi connectivity index (χ2n) is 13.7. The fourth-order valence-electron chi connectivity index (χ4n) is 3.81. The van der Waals surface area contributed by atoms with E-state index in [1.54, 1.807) is 41.5 Å². The fourth-order valence-corrected chi connectivity index (χ4v) is 8.98. The SMILES string of the molecule is CC(C)NCCSC1CCC1SCCNC(=O)C(CSSCC(NC(=O)OC(C)(C)C)C(=O)C(C)(C)O)NC(=O)OC(C)(C)C. The van der Waals surface area contributed by atoms with Gasteiger partial charge in [-0.2, -0.15) is 23.5 Å². The van der Waals surface area contributed by atoms with Gasteiger partial charge in [-0.25, -0.2) is 9.59 Å². The number of ketones is 1. The first-order valence-electron chi connectivity index (χ1n) is 15.4. The molecule has 45 heavy (non-hydrogen) atoms. The molecule has 3 amide bonds. The van der Waals surface area contributed by atoms with Gasteiger partial charge in [0.15, 0.2) is 5.78 Å². The number of amides is 3. The number of hydrogen-bond acceptors (Lipinski definition) is 12. The van der Waals surface area contributed by atoms with Gasteiger partial charge in [-0.1, -0.05) is 35.4 Å². The lowest BCUT2D eigenvalue weighted by Crippen LogP contribution is -2.51. The molecule has 11 nitrogen and oxygen atoms in total. The van der Waals surface area contributed by atoms with Gasteiger partial charge in [0.1, 0.15) is 28.9 Å². The van der Waals surface area contributed by atoms with Crippen LogP contribution in [0, 0.1) is 0 Å². The van der Waals surface area contributed by atoms with Crippen LogP contribution in [-0.4, -0.2) is 111 Å². The summed E-state index contributed by atoms with van der Waals surface area (Å²) in [6, 6.07) is -1.42. The van der Waals surface area contributed by atoms with Gasteiger partial charge in [-0.15, -0.1) is 0 Å². The van der Waals surface area contributed by atoms with Crippen molar-refractivity contribution in [3.05, 3.63) is 0 Å². The van der Waals surface area contributed by atoms with Gasteiger partial charge in [0.05, 0.1) is 0 Å². The summed E-state index contributed by atoms with van der Waals surface area (Å²) in [6.07, 6.45) is 0.936. The molecule has 0 saturated heterocycles. The molecule has 0 aliphatic heterocycles. The normalized spacial score (nSPS) is 18.4. The van der Waals surface area contributed by atoms with Crippen LogP contribution in [0.1, 0.15) is 82.1 Å². The molecule has 0 spiro atoms. The number of alkyl carbamates (subject to hydrolysis) is 2. The second kappa shape index (κ2) is 19.7. The molecule has 1 fully saturated rings. The summed E-state index contributed by atoms with van der Waals surface area (Å²) >= 11 is 3.89. The van der Waals surface area contributed by atoms with Gasteiger partial charge in [-0.3, -0.25) is 9.59 Å². The largest absolute Gasteiger partial charge is 0.444 e. The van der Waals surface area contributed by atoms with Crippen molar-refractivity contribution < 1.29 is 33.8 Å². The number of aliphatic hydroxyl groups is 1. The molecule has 1 rings (SSSR count). The van der Waals surface area contributed by atoms with E-state index in [9.17, 15) is 24.3 Å². The van der Waals surface area contributed by atoms with Crippen molar-refractivity contribution in [1.29, 1.82) is 0 Å². The first-order valence-corrected chi connectivity index (χ1v) is 20.0. The van der Waals surface area contributed by atoms with Gasteiger partial charge in [0, 0.05) is 52.6 Å². The molecule has 5 N–H and O–H groups in total. The van der Waals surface area contributed by atoms with E-state index in [2.05, 4.69) is 35.1 Å². The van der Waals surface area contributed by atoms with E-state index >= 15 is 0 Å². The molecule has 1 aliphatic rings. The number of carbonyl (C=O) groups is 4. The van der Waals surface area contributed by atoms with Crippen LogP contribution in [0.4, 0.5) is 9.59 Å². The molecule has 0 radical (unpaired) electrons. The monoisotopic (exact) mass is 712 g/mol. The third-order valence-corrected chi connectivity index (χ3v) is 11.5. The zero-order valence-corrected chi connectivity index (χ0v) is 31.8. The molecule has 4 unspecified atom stereocenters. The minimum atomic E-state index is -1.67. The molecule has 0 heterocycles. The quantitative estimate of drug-likeness (QED) is 0.0939. The predicted octanol–water partition coefficient (Wildman–Crippen LogP) is 4.61. The third kappa shape index (κ3) is 19.4. The van der Waals surface area contributed by atoms with Gasteiger partial charge in [-0.05, 0) is 68.2 Å². The molecule has 15 heteroatoms. The number of nitrogens with one attached hydrogen (secondary N) is 4. The van der Waals surface area contributed by atoms with Crippen molar-refractivity contribution in [3.8, 4) is 0 Å². The summed E-state index contributed by atoms with van der Waals surface area (Å²) in [5, 5.41) is 23.1. The van der Waals surface area contributed by atoms with E-state index in [0.717, 1.165) is 18.1 Å². The Labute approximate surface area is 286 Å². The molecule has 262 valence electrons. The maximum atomic E-state index is 13.1. The third-order valence-electron chi connectivity index (χ3n) is 6.04. The van der Waals surface area contributed by atoms with E-state index in [4.69, 9.17) is 9.47 Å². The summed E-state index contributed by atoms with van der Waals surface area (Å²) in [5.41, 5.74) is -3.17. The molecule has 1 aliphatic carbocycles. The van der Waals surface area contributed by atoms with Crippen molar-refractivity contribution in [1.82, 2.24) is 21.3 Å². The summed E-state index contributed by atoms with van der Waals surface area (Å²) < 4.78 is 10.6. The molecule has 0 aromatic heterocycles. The number of rotatable bonds is 19. The van der Waals surface area contributed by atoms with Crippen LogP contribution in [0.25, 0.3) is 0 Å². The molecule has 0 bridgehead atoms. The summed E-state index contributed by atoms with van der Waals surface area (Å²) in [4.78, 5) is 50.8. The first kappa shape index (κ1) is 42.0. The topological polar surface area (TPSA) is 155 Å². The van der Waals surface area contributed by atoms with Crippen molar-refractivity contribution in [2.45, 2.75) is 128 Å². The van der Waals surface area contributed by atoms with E-state index in [1.165, 1.54) is 48.3 Å². The summed E-state index contributed by atoms with van der Waals surface area (Å²) in [7, 11) is 2.50. The zero-order valence-electron chi connectivity index (χ0n) is 28.6. The standard InChI is InChI=1S/C30H56N4O7S4/c1-19(2)31-13-15-42-22-11-12-23(22)43-16-14-32-25(36)21(34-27(38)41-29(6,7)8)18-45-44-17-20(24(35)30(9,10)39)33-26(37)40-28(3,4)5/h19-23,31,39H,11-18H2,1-10H3,(H,32,36)(H,33,37)(H,34,38). The van der Waals surface area contributed by atoms with Crippen LogP contribution in [0.3, 0.4) is 0 Å². The molecule has 0 aromatic carbocycles. The minimum absolute atomic E-state index is 0.109. The lowest BCUT2D eigenvalue weighted by atomic mass is 9.98. The maximum Gasteiger partial charge on any atom is 0.408 e. The van der Waals surface area contributed by atoms with Gasteiger partial charge < -0.3 is 35.8 Å². The average Bonchev–Trinajstić information content (AvgIpc) is 2.85. The molecule has 0 aromatic rings. The summed E-state index contributed by atoms with van der Waals surface area (Å²) in [5.74, 6) is 1.26. The highest BCUT2D eigenvalue weighted by Crippen LogP contribution is 2.39. The smallest absolute Gasteiger partial charge is 0.408 e. The summed E-state index contributed by atoms with van der Waals surface area (Å²) in [6.45, 7) is 18.9. The van der Waals surface area contributed by atoms with Crippen LogP contribution < -0.4 is 21.3 Å². The van der Waals surface area contributed by atoms with Gasteiger partial charge in [0.2, 0.25) is 5.91 Å². The van der Waals surface area contributed by atoms with Gasteiger partial charge >= 0.3 is 12.2 Å². The Balaban J connectivity index is 2.67. The molecule has 1 saturated carbocycles. The number of hydrogen-bond donors (Lipinski definition) is 5. The molecule has 4 atom stereocenters. The number of carbonyl (C=O) groups excluding carboxylic acids is 4. The fraction of sp³-hybridized carbons (Fsp3) is 0.867. The van der Waals surface area contributed by atoms with E-state index in [1.807, 2.05) is 23.5 Å². The Morgan fingerprint density at radius 1 is 0.756 bits per heavy atom. The van der Waals surface area contributed by atoms with Crippen LogP contribution in [-0.2, 0) is 19.1 Å². The van der Waals surface area contributed by atoms with Crippen molar-refractivity contribution in [2.24, 2.45) is 0 Å². The Bertz CT molecular complexity index is 952. The van der Waals surface area contributed by atoms with Crippen LogP contribution in [0.15, 0.2) is 0 Å². The van der Waals surface area contributed by atoms with E-state index in [0.29, 0.717) is 23.1 Å². The van der Waals surface area contributed by atoms with E-state index < -0.39 is 46.9 Å².